The highest BCUT2D eigenvalue weighted by atomic mass is 16.6. The highest BCUT2D eigenvalue weighted by Crippen LogP contribution is 2.07. The van der Waals surface area contributed by atoms with Crippen LogP contribution in [0.15, 0.2) is 53.5 Å². The number of pyridine rings is 1. The molecular weight excluding hydrogens is 248 g/mol. The van der Waals surface area contributed by atoms with Gasteiger partial charge >= 0.3 is 0 Å². The van der Waals surface area contributed by atoms with Gasteiger partial charge in [0.15, 0.2) is 5.78 Å². The van der Waals surface area contributed by atoms with Gasteiger partial charge in [0.05, 0.1) is 17.7 Å². The van der Waals surface area contributed by atoms with Crippen LogP contribution >= 0.6 is 0 Å². The topological polar surface area (TPSA) is 82.2 Å². The number of aromatic nitrogens is 1. The van der Waals surface area contributed by atoms with Gasteiger partial charge in [-0.1, -0.05) is 30.3 Å². The molecule has 0 unspecified atom stereocenters. The average Bonchev–Trinajstić information content (AvgIpc) is 2.42. The van der Waals surface area contributed by atoms with E-state index in [9.17, 15) is 19.7 Å². The lowest BCUT2D eigenvalue weighted by Gasteiger charge is -2.04. The Bertz CT molecular complexity index is 677. The van der Waals surface area contributed by atoms with E-state index < -0.39 is 10.5 Å². The smallest absolute Gasteiger partial charge is 0.285 e. The first-order valence-electron chi connectivity index (χ1n) is 5.51. The molecule has 0 saturated carbocycles. The summed E-state index contributed by atoms with van der Waals surface area (Å²) in [6.07, 6.45) is 1.07. The molecule has 1 aromatic carbocycles. The van der Waals surface area contributed by atoms with Gasteiger partial charge in [0.25, 0.3) is 11.2 Å². The fourth-order valence-electron chi connectivity index (χ4n) is 1.62. The molecule has 0 N–H and O–H groups in total. The van der Waals surface area contributed by atoms with Gasteiger partial charge < -0.3 is 4.57 Å². The number of ketones is 1. The van der Waals surface area contributed by atoms with Crippen molar-refractivity contribution in [2.24, 2.45) is 0 Å². The van der Waals surface area contributed by atoms with Crippen molar-refractivity contribution in [2.75, 3.05) is 0 Å². The van der Waals surface area contributed by atoms with Crippen LogP contribution in [-0.2, 0) is 6.54 Å². The molecule has 0 radical (unpaired) electrons. The Kier molecular flexibility index (Phi) is 3.51. The molecule has 0 aliphatic carbocycles. The van der Waals surface area contributed by atoms with Crippen LogP contribution in [0, 0.1) is 10.1 Å². The molecule has 2 aromatic rings. The second-order valence-corrected chi connectivity index (χ2v) is 3.90. The van der Waals surface area contributed by atoms with E-state index in [1.54, 1.807) is 30.3 Å². The maximum atomic E-state index is 11.9. The third kappa shape index (κ3) is 2.92. The molecule has 0 fully saturated rings. The van der Waals surface area contributed by atoms with Crippen LogP contribution in [0.25, 0.3) is 0 Å². The summed E-state index contributed by atoms with van der Waals surface area (Å²) in [5.41, 5.74) is -0.212. The molecule has 19 heavy (non-hydrogen) atoms. The summed E-state index contributed by atoms with van der Waals surface area (Å²) in [6.45, 7) is -0.218. The van der Waals surface area contributed by atoms with Gasteiger partial charge in [-0.2, -0.15) is 0 Å². The van der Waals surface area contributed by atoms with Crippen LogP contribution in [0.1, 0.15) is 10.4 Å². The third-order valence-electron chi connectivity index (χ3n) is 2.59. The van der Waals surface area contributed by atoms with Crippen molar-refractivity contribution in [2.45, 2.75) is 6.54 Å². The summed E-state index contributed by atoms with van der Waals surface area (Å²) in [5, 5.41) is 10.6. The molecule has 96 valence electrons. The van der Waals surface area contributed by atoms with E-state index in [0.29, 0.717) is 5.56 Å². The van der Waals surface area contributed by atoms with Gasteiger partial charge in [-0.05, 0) is 0 Å². The van der Waals surface area contributed by atoms with E-state index in [0.717, 1.165) is 22.9 Å². The largest absolute Gasteiger partial charge is 0.301 e. The Balaban J connectivity index is 2.29. The second-order valence-electron chi connectivity index (χ2n) is 3.90. The van der Waals surface area contributed by atoms with Crippen LogP contribution in [0.5, 0.6) is 0 Å². The van der Waals surface area contributed by atoms with Crippen molar-refractivity contribution >= 4 is 11.5 Å². The Morgan fingerprint density at radius 3 is 2.47 bits per heavy atom. The Morgan fingerprint density at radius 2 is 1.84 bits per heavy atom. The first kappa shape index (κ1) is 12.7. The minimum Gasteiger partial charge on any atom is -0.301 e. The molecule has 0 aliphatic heterocycles. The number of hydrogen-bond acceptors (Lipinski definition) is 4. The molecule has 6 heteroatoms. The van der Waals surface area contributed by atoms with Gasteiger partial charge in [-0.25, -0.2) is 0 Å². The lowest BCUT2D eigenvalue weighted by Crippen LogP contribution is -2.23. The minimum atomic E-state index is -0.608. The molecule has 0 spiro atoms. The van der Waals surface area contributed by atoms with Crippen LogP contribution in [0.4, 0.5) is 5.69 Å². The number of carbonyl (C=O) groups is 1. The maximum absolute atomic E-state index is 11.9. The fraction of sp³-hybridized carbons (Fsp3) is 0.0769. The van der Waals surface area contributed by atoms with Gasteiger partial charge in [0.1, 0.15) is 0 Å². The van der Waals surface area contributed by atoms with Gasteiger partial charge in [-0.15, -0.1) is 0 Å². The van der Waals surface area contributed by atoms with Crippen molar-refractivity contribution < 1.29 is 9.72 Å². The number of nitrogens with zero attached hydrogens (tertiary/aromatic N) is 2. The molecule has 6 nitrogen and oxygen atoms in total. The van der Waals surface area contributed by atoms with Gasteiger partial charge in [0, 0.05) is 17.7 Å². The monoisotopic (exact) mass is 258 g/mol. The molecule has 0 bridgehead atoms. The normalized spacial score (nSPS) is 10.1. The minimum absolute atomic E-state index is 0.218. The van der Waals surface area contributed by atoms with E-state index in [-0.39, 0.29) is 18.0 Å². The standard InChI is InChI=1S/C13H10N2O4/c16-12(10-4-2-1-3-5-10)9-14-8-11(15(18)19)6-7-13(14)17/h1-8H,9H2. The van der Waals surface area contributed by atoms with Crippen LogP contribution in [-0.4, -0.2) is 15.3 Å². The predicted octanol–water partition coefficient (Wildman–Crippen LogP) is 1.64. The maximum Gasteiger partial charge on any atom is 0.285 e. The highest BCUT2D eigenvalue weighted by Gasteiger charge is 2.11. The summed E-state index contributed by atoms with van der Waals surface area (Å²) in [5.74, 6) is -0.275. The van der Waals surface area contributed by atoms with E-state index in [2.05, 4.69) is 0 Å². The predicted molar refractivity (Wildman–Crippen MR) is 68.1 cm³/mol. The van der Waals surface area contributed by atoms with Gasteiger partial charge in [-0.3, -0.25) is 19.7 Å². The van der Waals surface area contributed by atoms with Crippen LogP contribution in [0.3, 0.4) is 0 Å². The first-order chi connectivity index (χ1) is 9.08. The number of benzene rings is 1. The molecule has 0 aliphatic rings. The SMILES string of the molecule is O=C(Cn1cc([N+](=O)[O-])ccc1=O)c1ccccc1. The number of nitro groups is 1. The molecule has 0 saturated heterocycles. The van der Waals surface area contributed by atoms with Crippen LogP contribution in [0.2, 0.25) is 0 Å². The highest BCUT2D eigenvalue weighted by molar-refractivity contribution is 5.95. The Labute approximate surface area is 108 Å². The Hall–Kier alpha value is -2.76. The third-order valence-corrected chi connectivity index (χ3v) is 2.59. The average molecular weight is 258 g/mol. The number of Topliss-reactive ketones (excluding diaryl/α,β-unsaturated/α-hetero) is 1. The van der Waals surface area contributed by atoms with Crippen molar-refractivity contribution in [3.63, 3.8) is 0 Å². The van der Waals surface area contributed by atoms with Crippen molar-refractivity contribution in [1.82, 2.24) is 4.57 Å². The summed E-state index contributed by atoms with van der Waals surface area (Å²) in [6, 6.07) is 10.7. The van der Waals surface area contributed by atoms with Crippen molar-refractivity contribution in [1.29, 1.82) is 0 Å². The summed E-state index contributed by atoms with van der Waals surface area (Å²) in [4.78, 5) is 33.5. The van der Waals surface area contributed by atoms with E-state index in [1.165, 1.54) is 0 Å². The summed E-state index contributed by atoms with van der Waals surface area (Å²) < 4.78 is 1.04. The summed E-state index contributed by atoms with van der Waals surface area (Å²) >= 11 is 0. The fourth-order valence-corrected chi connectivity index (χ4v) is 1.62. The quantitative estimate of drug-likeness (QED) is 0.474. The molecule has 0 amide bonds. The number of carbonyl (C=O) groups excluding carboxylic acids is 1. The number of hydrogen-bond donors (Lipinski definition) is 0. The van der Waals surface area contributed by atoms with Crippen molar-refractivity contribution in [3.8, 4) is 0 Å². The van der Waals surface area contributed by atoms with Gasteiger partial charge in [0.2, 0.25) is 0 Å². The lowest BCUT2D eigenvalue weighted by atomic mass is 10.1. The Morgan fingerprint density at radius 1 is 1.16 bits per heavy atom. The molecule has 0 atom stereocenters. The van der Waals surface area contributed by atoms with E-state index >= 15 is 0 Å². The second kappa shape index (κ2) is 5.26. The number of rotatable bonds is 4. The molecule has 1 heterocycles. The first-order valence-corrected chi connectivity index (χ1v) is 5.51. The van der Waals surface area contributed by atoms with E-state index in [4.69, 9.17) is 0 Å². The van der Waals surface area contributed by atoms with Crippen molar-refractivity contribution in [3.05, 3.63) is 74.7 Å². The molecule has 1 aromatic heterocycles. The lowest BCUT2D eigenvalue weighted by molar-refractivity contribution is -0.385. The zero-order chi connectivity index (χ0) is 13.8. The van der Waals surface area contributed by atoms with E-state index in [1.807, 2.05) is 0 Å². The molecule has 2 rings (SSSR count). The zero-order valence-corrected chi connectivity index (χ0v) is 9.85. The molecular formula is C13H10N2O4. The van der Waals surface area contributed by atoms with Crippen LogP contribution < -0.4 is 5.56 Å². The zero-order valence-electron chi connectivity index (χ0n) is 9.85. The summed E-state index contributed by atoms with van der Waals surface area (Å²) in [7, 11) is 0.